The van der Waals surface area contributed by atoms with Gasteiger partial charge in [-0.3, -0.25) is 0 Å². The minimum Gasteiger partial charge on any atom is -0.369 e. The van der Waals surface area contributed by atoms with Crippen molar-refractivity contribution < 1.29 is 0 Å². The molecular weight excluding hydrogens is 449 g/mol. The molecule has 0 aromatic carbocycles. The summed E-state index contributed by atoms with van der Waals surface area (Å²) < 4.78 is 2.18. The standard InChI is InChI=1S/C14H17BrIN3S/c1-5-17-13-10(16)11(14(2,3)4)18-12(19-13)9-6-8(15)7-20-9/h6-7H,5H2,1-4H3,(H,17,18,19). The van der Waals surface area contributed by atoms with Gasteiger partial charge in [0, 0.05) is 21.8 Å². The summed E-state index contributed by atoms with van der Waals surface area (Å²) in [5.41, 5.74) is 1.08. The van der Waals surface area contributed by atoms with E-state index in [9.17, 15) is 0 Å². The molecule has 108 valence electrons. The van der Waals surface area contributed by atoms with Gasteiger partial charge in [0.1, 0.15) is 5.82 Å². The molecule has 6 heteroatoms. The van der Waals surface area contributed by atoms with Crippen molar-refractivity contribution in [3.8, 4) is 10.7 Å². The molecular formula is C14H17BrIN3S. The predicted octanol–water partition coefficient (Wildman–Crippen LogP) is 5.30. The molecule has 3 nitrogen and oxygen atoms in total. The smallest absolute Gasteiger partial charge is 0.171 e. The fraction of sp³-hybridized carbons (Fsp3) is 0.429. The monoisotopic (exact) mass is 465 g/mol. The zero-order chi connectivity index (χ0) is 14.9. The Labute approximate surface area is 145 Å². The van der Waals surface area contributed by atoms with Crippen LogP contribution in [0.1, 0.15) is 33.4 Å². The van der Waals surface area contributed by atoms with Crippen molar-refractivity contribution in [1.29, 1.82) is 0 Å². The van der Waals surface area contributed by atoms with Crippen molar-refractivity contribution in [3.63, 3.8) is 0 Å². The average Bonchev–Trinajstić information content (AvgIpc) is 2.77. The molecule has 0 saturated carbocycles. The summed E-state index contributed by atoms with van der Waals surface area (Å²) in [5, 5.41) is 5.40. The Balaban J connectivity index is 2.61. The Bertz CT molecular complexity index is 619. The number of rotatable bonds is 3. The number of thiophene rings is 1. The molecule has 0 aliphatic carbocycles. The Morgan fingerprint density at radius 1 is 1.35 bits per heavy atom. The molecule has 2 heterocycles. The number of aromatic nitrogens is 2. The molecule has 0 radical (unpaired) electrons. The van der Waals surface area contributed by atoms with Crippen LogP contribution in [0.5, 0.6) is 0 Å². The predicted molar refractivity (Wildman–Crippen MR) is 98.6 cm³/mol. The molecule has 0 saturated heterocycles. The topological polar surface area (TPSA) is 37.8 Å². The lowest BCUT2D eigenvalue weighted by Gasteiger charge is -2.21. The third-order valence-corrected chi connectivity index (χ3v) is 5.40. The van der Waals surface area contributed by atoms with E-state index in [4.69, 9.17) is 4.98 Å². The molecule has 2 aromatic rings. The van der Waals surface area contributed by atoms with Crippen LogP contribution in [0.3, 0.4) is 0 Å². The second kappa shape index (κ2) is 6.27. The van der Waals surface area contributed by atoms with Gasteiger partial charge in [-0.15, -0.1) is 11.3 Å². The molecule has 0 amide bonds. The van der Waals surface area contributed by atoms with E-state index in [0.717, 1.165) is 36.8 Å². The Morgan fingerprint density at radius 2 is 2.05 bits per heavy atom. The van der Waals surface area contributed by atoms with E-state index < -0.39 is 0 Å². The first-order valence-electron chi connectivity index (χ1n) is 6.39. The van der Waals surface area contributed by atoms with Gasteiger partial charge >= 0.3 is 0 Å². The summed E-state index contributed by atoms with van der Waals surface area (Å²) in [6.45, 7) is 9.48. The number of halogens is 2. The first-order valence-corrected chi connectivity index (χ1v) is 9.14. The lowest BCUT2D eigenvalue weighted by Crippen LogP contribution is -2.18. The number of hydrogen-bond donors (Lipinski definition) is 1. The van der Waals surface area contributed by atoms with Crippen LogP contribution in [0.25, 0.3) is 10.7 Å². The van der Waals surface area contributed by atoms with Crippen LogP contribution in [0.4, 0.5) is 5.82 Å². The summed E-state index contributed by atoms with van der Waals surface area (Å²) in [6.07, 6.45) is 0. The van der Waals surface area contributed by atoms with E-state index in [1.165, 1.54) is 0 Å². The van der Waals surface area contributed by atoms with Gasteiger partial charge < -0.3 is 5.32 Å². The van der Waals surface area contributed by atoms with Crippen molar-refractivity contribution in [3.05, 3.63) is 25.2 Å². The first-order chi connectivity index (χ1) is 9.32. The maximum atomic E-state index is 4.80. The van der Waals surface area contributed by atoms with E-state index in [0.29, 0.717) is 0 Å². The number of nitrogens with zero attached hydrogens (tertiary/aromatic N) is 2. The second-order valence-electron chi connectivity index (χ2n) is 5.47. The molecule has 0 spiro atoms. The summed E-state index contributed by atoms with van der Waals surface area (Å²) in [6, 6.07) is 2.06. The molecule has 0 unspecified atom stereocenters. The van der Waals surface area contributed by atoms with Crippen molar-refractivity contribution in [2.75, 3.05) is 11.9 Å². The van der Waals surface area contributed by atoms with Crippen molar-refractivity contribution >= 4 is 55.7 Å². The first kappa shape index (κ1) is 16.2. The van der Waals surface area contributed by atoms with Gasteiger partial charge in [-0.2, -0.15) is 0 Å². The maximum absolute atomic E-state index is 4.80. The van der Waals surface area contributed by atoms with Crippen molar-refractivity contribution in [2.45, 2.75) is 33.1 Å². The fourth-order valence-electron chi connectivity index (χ4n) is 1.77. The number of nitrogens with one attached hydrogen (secondary N) is 1. The molecule has 20 heavy (non-hydrogen) atoms. The van der Waals surface area contributed by atoms with E-state index in [1.54, 1.807) is 11.3 Å². The van der Waals surface area contributed by atoms with Crippen LogP contribution in [-0.4, -0.2) is 16.5 Å². The van der Waals surface area contributed by atoms with Gasteiger partial charge in [-0.1, -0.05) is 20.8 Å². The van der Waals surface area contributed by atoms with Gasteiger partial charge in [0.25, 0.3) is 0 Å². The van der Waals surface area contributed by atoms with Crippen LogP contribution >= 0.6 is 49.9 Å². The minimum absolute atomic E-state index is 0.00707. The van der Waals surface area contributed by atoms with Gasteiger partial charge in [-0.05, 0) is 51.5 Å². The third-order valence-electron chi connectivity index (χ3n) is 2.69. The Morgan fingerprint density at radius 3 is 2.55 bits per heavy atom. The number of hydrogen-bond acceptors (Lipinski definition) is 4. The second-order valence-corrected chi connectivity index (χ2v) is 8.37. The average molecular weight is 466 g/mol. The normalized spacial score (nSPS) is 11.7. The molecule has 0 aliphatic heterocycles. The quantitative estimate of drug-likeness (QED) is 0.625. The van der Waals surface area contributed by atoms with Crippen LogP contribution in [0.15, 0.2) is 15.9 Å². The van der Waals surface area contributed by atoms with E-state index in [-0.39, 0.29) is 5.41 Å². The van der Waals surface area contributed by atoms with Gasteiger partial charge in [0.15, 0.2) is 5.82 Å². The molecule has 1 N–H and O–H groups in total. The van der Waals surface area contributed by atoms with E-state index >= 15 is 0 Å². The van der Waals surface area contributed by atoms with Gasteiger partial charge in [-0.25, -0.2) is 9.97 Å². The van der Waals surface area contributed by atoms with Crippen molar-refractivity contribution in [2.24, 2.45) is 0 Å². The molecule has 2 aromatic heterocycles. The van der Waals surface area contributed by atoms with Crippen molar-refractivity contribution in [1.82, 2.24) is 9.97 Å². The van der Waals surface area contributed by atoms with E-state index in [2.05, 4.69) is 88.0 Å². The van der Waals surface area contributed by atoms with Gasteiger partial charge in [0.2, 0.25) is 0 Å². The third kappa shape index (κ3) is 3.51. The summed E-state index contributed by atoms with van der Waals surface area (Å²) in [4.78, 5) is 10.6. The highest BCUT2D eigenvalue weighted by molar-refractivity contribution is 14.1. The van der Waals surface area contributed by atoms with Crippen LogP contribution in [0.2, 0.25) is 0 Å². The Hall–Kier alpha value is -0.210. The van der Waals surface area contributed by atoms with E-state index in [1.807, 2.05) is 0 Å². The summed E-state index contributed by atoms with van der Waals surface area (Å²) in [5.74, 6) is 1.72. The molecule has 0 bridgehead atoms. The lowest BCUT2D eigenvalue weighted by molar-refractivity contribution is 0.564. The highest BCUT2D eigenvalue weighted by Crippen LogP contribution is 2.34. The molecule has 0 fully saturated rings. The lowest BCUT2D eigenvalue weighted by atomic mass is 9.92. The zero-order valence-corrected chi connectivity index (χ0v) is 16.5. The molecule has 2 rings (SSSR count). The van der Waals surface area contributed by atoms with Crippen LogP contribution in [0, 0.1) is 3.57 Å². The Kier molecular flexibility index (Phi) is 5.07. The number of anilines is 1. The van der Waals surface area contributed by atoms with Crippen LogP contribution in [-0.2, 0) is 5.41 Å². The minimum atomic E-state index is -0.00707. The summed E-state index contributed by atoms with van der Waals surface area (Å²) in [7, 11) is 0. The highest BCUT2D eigenvalue weighted by atomic mass is 127. The molecule has 0 atom stereocenters. The fourth-order valence-corrected chi connectivity index (χ4v) is 4.37. The SMILES string of the molecule is CCNc1nc(-c2cc(Br)cs2)nc(C(C)(C)C)c1I. The van der Waals surface area contributed by atoms with Crippen LogP contribution < -0.4 is 5.32 Å². The zero-order valence-electron chi connectivity index (χ0n) is 11.9. The van der Waals surface area contributed by atoms with Gasteiger partial charge in [0.05, 0.1) is 14.1 Å². The largest absolute Gasteiger partial charge is 0.369 e. The molecule has 0 aliphatic rings. The summed E-state index contributed by atoms with van der Waals surface area (Å²) >= 11 is 7.48. The maximum Gasteiger partial charge on any atom is 0.171 e. The highest BCUT2D eigenvalue weighted by Gasteiger charge is 2.23.